The summed E-state index contributed by atoms with van der Waals surface area (Å²) in [6.07, 6.45) is 0.400. The van der Waals surface area contributed by atoms with Crippen LogP contribution in [0.5, 0.6) is 5.75 Å². The first-order chi connectivity index (χ1) is 17.9. The summed E-state index contributed by atoms with van der Waals surface area (Å²) in [5.74, 6) is -0.479. The molecule has 8 nitrogen and oxygen atoms in total. The maximum absolute atomic E-state index is 14.6. The highest BCUT2D eigenvalue weighted by atomic mass is 19.1. The molecule has 0 spiro atoms. The molecule has 0 fully saturated rings. The van der Waals surface area contributed by atoms with Crippen LogP contribution >= 0.6 is 0 Å². The first-order valence-corrected chi connectivity index (χ1v) is 11.7. The van der Waals surface area contributed by atoms with Crippen molar-refractivity contribution in [1.82, 2.24) is 19.6 Å². The van der Waals surface area contributed by atoms with Crippen LogP contribution in [0.3, 0.4) is 0 Å². The molecule has 0 aliphatic carbocycles. The van der Waals surface area contributed by atoms with Crippen molar-refractivity contribution < 1.29 is 13.9 Å². The Morgan fingerprint density at radius 1 is 1.00 bits per heavy atom. The maximum Gasteiger partial charge on any atom is 0.277 e. The number of carbonyl (C=O) groups is 1. The third-order valence-corrected chi connectivity index (χ3v) is 6.09. The molecular formula is C28H24FN5O3. The van der Waals surface area contributed by atoms with E-state index in [1.54, 1.807) is 38.3 Å². The second kappa shape index (κ2) is 10.1. The number of rotatable bonds is 7. The van der Waals surface area contributed by atoms with E-state index < -0.39 is 11.7 Å². The fourth-order valence-electron chi connectivity index (χ4n) is 4.14. The molecule has 0 saturated carbocycles. The molecule has 0 aliphatic rings. The van der Waals surface area contributed by atoms with Crippen molar-refractivity contribution in [1.29, 1.82) is 0 Å². The van der Waals surface area contributed by atoms with E-state index in [4.69, 9.17) is 4.74 Å². The second-order valence-corrected chi connectivity index (χ2v) is 8.55. The Morgan fingerprint density at radius 2 is 1.73 bits per heavy atom. The number of amides is 1. The van der Waals surface area contributed by atoms with Gasteiger partial charge in [-0.05, 0) is 42.3 Å². The average molecular weight is 498 g/mol. The molecule has 1 amide bonds. The molecule has 37 heavy (non-hydrogen) atoms. The minimum atomic E-state index is -0.657. The number of aromatic nitrogens is 4. The zero-order valence-electron chi connectivity index (χ0n) is 20.3. The molecule has 2 heterocycles. The third kappa shape index (κ3) is 4.84. The van der Waals surface area contributed by atoms with Crippen LogP contribution < -0.4 is 15.2 Å². The number of aromatic amines is 1. The number of carbonyl (C=O) groups excluding carboxylic acids is 1. The minimum absolute atomic E-state index is 0.0504. The number of H-pyrrole nitrogens is 1. The largest absolute Gasteiger partial charge is 0.497 e. The summed E-state index contributed by atoms with van der Waals surface area (Å²) in [7, 11) is 1.55. The molecule has 0 saturated heterocycles. The van der Waals surface area contributed by atoms with Crippen LogP contribution in [0.1, 0.15) is 32.7 Å². The van der Waals surface area contributed by atoms with Gasteiger partial charge in [-0.2, -0.15) is 9.50 Å². The number of ether oxygens (including phenoxy) is 1. The van der Waals surface area contributed by atoms with Crippen molar-refractivity contribution in [3.8, 4) is 5.75 Å². The van der Waals surface area contributed by atoms with E-state index in [1.807, 2.05) is 36.4 Å². The van der Waals surface area contributed by atoms with Gasteiger partial charge in [0.15, 0.2) is 0 Å². The number of aryl methyl sites for hydroxylation is 1. The van der Waals surface area contributed by atoms with E-state index in [9.17, 15) is 14.0 Å². The molecule has 1 N–H and O–H groups in total. The summed E-state index contributed by atoms with van der Waals surface area (Å²) in [4.78, 5) is 37.2. The molecular weight excluding hydrogens is 473 g/mol. The van der Waals surface area contributed by atoms with Gasteiger partial charge in [0.05, 0.1) is 24.9 Å². The Labute approximate surface area is 212 Å². The van der Waals surface area contributed by atoms with Gasteiger partial charge >= 0.3 is 0 Å². The lowest BCUT2D eigenvalue weighted by Gasteiger charge is -2.20. The number of fused-ring (bicyclic) bond motifs is 1. The molecule has 2 aromatic heterocycles. The van der Waals surface area contributed by atoms with Gasteiger partial charge in [0, 0.05) is 12.0 Å². The number of benzene rings is 3. The van der Waals surface area contributed by atoms with Crippen LogP contribution in [0.25, 0.3) is 5.78 Å². The van der Waals surface area contributed by atoms with Crippen LogP contribution in [0.15, 0.2) is 83.7 Å². The third-order valence-electron chi connectivity index (χ3n) is 6.09. The quantitative estimate of drug-likeness (QED) is 0.362. The molecule has 5 rings (SSSR count). The van der Waals surface area contributed by atoms with Crippen LogP contribution in [0.2, 0.25) is 0 Å². The van der Waals surface area contributed by atoms with Crippen LogP contribution in [-0.2, 0) is 13.0 Å². The number of halogens is 1. The highest BCUT2D eigenvalue weighted by Gasteiger charge is 2.25. The molecule has 0 atom stereocenters. The Bertz CT molecular complexity index is 1650. The number of hydrogen-bond donors (Lipinski definition) is 1. The first kappa shape index (κ1) is 23.9. The first-order valence-electron chi connectivity index (χ1n) is 11.7. The highest BCUT2D eigenvalue weighted by Crippen LogP contribution is 2.21. The molecule has 186 valence electrons. The van der Waals surface area contributed by atoms with E-state index in [0.717, 1.165) is 11.1 Å². The van der Waals surface area contributed by atoms with Gasteiger partial charge in [0.2, 0.25) is 5.95 Å². The van der Waals surface area contributed by atoms with Gasteiger partial charge in [0.1, 0.15) is 11.6 Å². The summed E-state index contributed by atoms with van der Waals surface area (Å²) >= 11 is 0. The summed E-state index contributed by atoms with van der Waals surface area (Å²) < 4.78 is 21.1. The van der Waals surface area contributed by atoms with Crippen LogP contribution in [-0.4, -0.2) is 32.6 Å². The van der Waals surface area contributed by atoms with Crippen LogP contribution in [0, 0.1) is 12.7 Å². The highest BCUT2D eigenvalue weighted by molar-refractivity contribution is 6.05. The number of hydrogen-bond acceptors (Lipinski definition) is 5. The SMILES string of the molecule is COc1cccc(CN(C(=O)c2ccccc2F)c2nc3nc(C)c(Cc4ccccc4)c(=O)n3[nH]2)c1. The Hall–Kier alpha value is -4.79. The van der Waals surface area contributed by atoms with Crippen molar-refractivity contribution in [3.63, 3.8) is 0 Å². The van der Waals surface area contributed by atoms with Crippen molar-refractivity contribution in [2.45, 2.75) is 19.9 Å². The van der Waals surface area contributed by atoms with E-state index in [1.165, 1.54) is 27.6 Å². The van der Waals surface area contributed by atoms with E-state index >= 15 is 0 Å². The van der Waals surface area contributed by atoms with Gasteiger partial charge in [0.25, 0.3) is 17.2 Å². The smallest absolute Gasteiger partial charge is 0.277 e. The van der Waals surface area contributed by atoms with Crippen molar-refractivity contribution in [3.05, 3.63) is 123 Å². The molecule has 3 aromatic carbocycles. The van der Waals surface area contributed by atoms with Gasteiger partial charge in [-0.1, -0.05) is 54.6 Å². The topological polar surface area (TPSA) is 92.6 Å². The molecule has 5 aromatic rings. The van der Waals surface area contributed by atoms with Crippen molar-refractivity contribution >= 4 is 17.6 Å². The maximum atomic E-state index is 14.6. The lowest BCUT2D eigenvalue weighted by molar-refractivity contribution is 0.0979. The van der Waals surface area contributed by atoms with E-state index in [0.29, 0.717) is 23.4 Å². The molecule has 0 radical (unpaired) electrons. The monoisotopic (exact) mass is 497 g/mol. The average Bonchev–Trinajstić information content (AvgIpc) is 3.34. The van der Waals surface area contributed by atoms with E-state index in [-0.39, 0.29) is 29.4 Å². The predicted octanol–water partition coefficient (Wildman–Crippen LogP) is 4.31. The predicted molar refractivity (Wildman–Crippen MR) is 138 cm³/mol. The fraction of sp³-hybridized carbons (Fsp3) is 0.143. The molecule has 0 aliphatic heterocycles. The Morgan fingerprint density at radius 3 is 2.49 bits per heavy atom. The lowest BCUT2D eigenvalue weighted by atomic mass is 10.1. The molecule has 0 unspecified atom stereocenters. The molecule has 0 bridgehead atoms. The summed E-state index contributed by atoms with van der Waals surface area (Å²) in [6, 6.07) is 22.5. The summed E-state index contributed by atoms with van der Waals surface area (Å²) in [5.41, 5.74) is 2.33. The fourth-order valence-corrected chi connectivity index (χ4v) is 4.14. The van der Waals surface area contributed by atoms with Gasteiger partial charge in [-0.15, -0.1) is 0 Å². The van der Waals surface area contributed by atoms with Gasteiger partial charge in [-0.25, -0.2) is 9.37 Å². The van der Waals surface area contributed by atoms with Crippen molar-refractivity contribution in [2.24, 2.45) is 0 Å². The van der Waals surface area contributed by atoms with E-state index in [2.05, 4.69) is 15.1 Å². The number of anilines is 1. The Kier molecular flexibility index (Phi) is 6.51. The zero-order chi connectivity index (χ0) is 25.9. The minimum Gasteiger partial charge on any atom is -0.497 e. The number of methoxy groups -OCH3 is 1. The lowest BCUT2D eigenvalue weighted by Crippen LogP contribution is -2.32. The van der Waals surface area contributed by atoms with Crippen LogP contribution in [0.4, 0.5) is 10.3 Å². The second-order valence-electron chi connectivity index (χ2n) is 8.55. The van der Waals surface area contributed by atoms with Gasteiger partial charge < -0.3 is 4.74 Å². The molecule has 9 heteroatoms. The number of nitrogens with one attached hydrogen (secondary N) is 1. The normalized spacial score (nSPS) is 11.0. The zero-order valence-corrected chi connectivity index (χ0v) is 20.3. The van der Waals surface area contributed by atoms with Crippen molar-refractivity contribution in [2.75, 3.05) is 12.0 Å². The standard InChI is InChI=1S/C28H24FN5O3/c1-18-23(16-19-9-4-3-5-10-19)26(36)34-27(30-18)31-28(32-34)33(17-20-11-8-12-21(15-20)37-2)25(35)22-13-6-7-14-24(22)29/h3-15H,16-17H2,1-2H3,(H,30,31,32). The Balaban J connectivity index is 1.60. The summed E-state index contributed by atoms with van der Waals surface area (Å²) in [5, 5.41) is 2.92. The summed E-state index contributed by atoms with van der Waals surface area (Å²) in [6.45, 7) is 1.81. The number of nitrogens with zero attached hydrogens (tertiary/aromatic N) is 4. The van der Waals surface area contributed by atoms with Gasteiger partial charge in [-0.3, -0.25) is 19.6 Å².